The summed E-state index contributed by atoms with van der Waals surface area (Å²) in [4.78, 5) is 18.2. The van der Waals surface area contributed by atoms with Crippen LogP contribution < -0.4 is 11.1 Å². The number of carbonyl (C=O) groups is 1. The number of tetrazole rings is 1. The number of likely N-dealkylation sites (tertiary alicyclic amines) is 1. The maximum Gasteiger partial charge on any atom is 0.244 e. The second-order valence-electron chi connectivity index (χ2n) is 5.63. The smallest absolute Gasteiger partial charge is 0.244 e. The number of rotatable bonds is 4. The average Bonchev–Trinajstić information content (AvgIpc) is 2.94. The minimum Gasteiger partial charge on any atom is -0.384 e. The average molecular weight is 316 g/mol. The summed E-state index contributed by atoms with van der Waals surface area (Å²) in [7, 11) is 0. The minimum absolute atomic E-state index is 0.0482. The van der Waals surface area contributed by atoms with Crippen LogP contribution in [-0.4, -0.2) is 55.1 Å². The number of amides is 1. The predicted molar refractivity (Wildman–Crippen MR) is 84.3 cm³/mol. The molecule has 2 aromatic heterocycles. The number of aromatic nitrogens is 5. The highest BCUT2D eigenvalue weighted by molar-refractivity contribution is 5.75. The number of nitrogens with zero attached hydrogens (tertiary/aromatic N) is 6. The van der Waals surface area contributed by atoms with Crippen molar-refractivity contribution in [2.75, 3.05) is 24.1 Å². The molecule has 1 atom stereocenters. The van der Waals surface area contributed by atoms with Gasteiger partial charge in [-0.3, -0.25) is 4.79 Å². The summed E-state index contributed by atoms with van der Waals surface area (Å²) in [6, 6.07) is 4.03. The Morgan fingerprint density at radius 1 is 1.35 bits per heavy atom. The van der Waals surface area contributed by atoms with Crippen LogP contribution in [0.15, 0.2) is 24.7 Å². The van der Waals surface area contributed by atoms with E-state index in [2.05, 4.69) is 25.8 Å². The molecule has 9 nitrogen and oxygen atoms in total. The zero-order valence-corrected chi connectivity index (χ0v) is 12.8. The molecule has 0 saturated carbocycles. The molecule has 1 aliphatic rings. The molecule has 1 fully saturated rings. The molecule has 0 aromatic carbocycles. The van der Waals surface area contributed by atoms with Crippen molar-refractivity contribution < 1.29 is 4.79 Å². The second kappa shape index (κ2) is 7.03. The standard InChI is InChI=1S/C14H20N8O/c15-13-4-3-12(8-16-13)18-11-2-1-6-21(7-5-11)14(23)9-22-10-17-19-20-22/h3-4,8,10-11,18H,1-2,5-7,9H2,(H2,15,16)/t11-/m1/s1. The number of nitrogen functional groups attached to an aromatic ring is 1. The monoisotopic (exact) mass is 316 g/mol. The minimum atomic E-state index is 0.0482. The van der Waals surface area contributed by atoms with Crippen LogP contribution in [0.25, 0.3) is 0 Å². The fourth-order valence-corrected chi connectivity index (χ4v) is 2.71. The van der Waals surface area contributed by atoms with Crippen molar-refractivity contribution in [2.24, 2.45) is 0 Å². The van der Waals surface area contributed by atoms with Gasteiger partial charge in [-0.05, 0) is 41.8 Å². The Balaban J connectivity index is 1.52. The Hall–Kier alpha value is -2.71. The van der Waals surface area contributed by atoms with Crippen LogP contribution >= 0.6 is 0 Å². The molecule has 3 rings (SSSR count). The summed E-state index contributed by atoms with van der Waals surface area (Å²) in [6.07, 6.45) is 6.06. The lowest BCUT2D eigenvalue weighted by atomic mass is 10.1. The molecule has 0 aliphatic carbocycles. The van der Waals surface area contributed by atoms with Gasteiger partial charge in [0.15, 0.2) is 0 Å². The summed E-state index contributed by atoms with van der Waals surface area (Å²) < 4.78 is 1.45. The van der Waals surface area contributed by atoms with Crippen LogP contribution in [0.1, 0.15) is 19.3 Å². The van der Waals surface area contributed by atoms with Crippen molar-refractivity contribution in [3.8, 4) is 0 Å². The third kappa shape index (κ3) is 4.15. The van der Waals surface area contributed by atoms with Crippen molar-refractivity contribution in [3.05, 3.63) is 24.7 Å². The molecule has 1 saturated heterocycles. The Kier molecular flexibility index (Phi) is 4.65. The molecule has 23 heavy (non-hydrogen) atoms. The number of nitrogens with one attached hydrogen (secondary N) is 1. The fraction of sp³-hybridized carbons (Fsp3) is 0.500. The molecule has 0 unspecified atom stereocenters. The van der Waals surface area contributed by atoms with Gasteiger partial charge in [0.05, 0.1) is 11.9 Å². The molecule has 0 bridgehead atoms. The van der Waals surface area contributed by atoms with Gasteiger partial charge in [0.25, 0.3) is 0 Å². The van der Waals surface area contributed by atoms with Gasteiger partial charge in [0.2, 0.25) is 5.91 Å². The van der Waals surface area contributed by atoms with Gasteiger partial charge in [0.1, 0.15) is 18.7 Å². The predicted octanol–water partition coefficient (Wildman–Crippen LogP) is 0.143. The van der Waals surface area contributed by atoms with Crippen molar-refractivity contribution >= 4 is 17.4 Å². The lowest BCUT2D eigenvalue weighted by Gasteiger charge is -2.21. The largest absolute Gasteiger partial charge is 0.384 e. The number of nitrogens with two attached hydrogens (primary N) is 1. The van der Waals surface area contributed by atoms with E-state index in [1.165, 1.54) is 11.0 Å². The highest BCUT2D eigenvalue weighted by Crippen LogP contribution is 2.17. The lowest BCUT2D eigenvalue weighted by Crippen LogP contribution is -2.35. The van der Waals surface area contributed by atoms with Crippen molar-refractivity contribution in [2.45, 2.75) is 31.8 Å². The van der Waals surface area contributed by atoms with Crippen LogP contribution in [0, 0.1) is 0 Å². The van der Waals surface area contributed by atoms with Gasteiger partial charge in [-0.1, -0.05) is 0 Å². The Labute approximate surface area is 133 Å². The van der Waals surface area contributed by atoms with Gasteiger partial charge in [-0.25, -0.2) is 9.67 Å². The molecule has 3 N–H and O–H groups in total. The Morgan fingerprint density at radius 3 is 3.00 bits per heavy atom. The van der Waals surface area contributed by atoms with E-state index in [4.69, 9.17) is 5.73 Å². The van der Waals surface area contributed by atoms with Crippen LogP contribution in [0.3, 0.4) is 0 Å². The first kappa shape index (κ1) is 15.2. The Bertz CT molecular complexity index is 627. The summed E-state index contributed by atoms with van der Waals surface area (Å²) in [5.41, 5.74) is 6.55. The van der Waals surface area contributed by atoms with E-state index in [9.17, 15) is 4.79 Å². The molecule has 1 aliphatic heterocycles. The zero-order chi connectivity index (χ0) is 16.1. The van der Waals surface area contributed by atoms with Gasteiger partial charge >= 0.3 is 0 Å². The first-order valence-corrected chi connectivity index (χ1v) is 7.67. The summed E-state index contributed by atoms with van der Waals surface area (Å²) in [6.45, 7) is 1.67. The first-order chi connectivity index (χ1) is 11.2. The van der Waals surface area contributed by atoms with Gasteiger partial charge < -0.3 is 16.0 Å². The maximum absolute atomic E-state index is 12.3. The third-order valence-electron chi connectivity index (χ3n) is 3.93. The highest BCUT2D eigenvalue weighted by Gasteiger charge is 2.21. The van der Waals surface area contributed by atoms with E-state index in [0.717, 1.165) is 38.0 Å². The van der Waals surface area contributed by atoms with Crippen LogP contribution in [0.2, 0.25) is 0 Å². The van der Waals surface area contributed by atoms with Crippen LogP contribution in [-0.2, 0) is 11.3 Å². The normalized spacial score (nSPS) is 18.4. The summed E-state index contributed by atoms with van der Waals surface area (Å²) in [5, 5.41) is 14.3. The van der Waals surface area contributed by atoms with Gasteiger partial charge in [-0.2, -0.15) is 0 Å². The molecule has 2 aromatic rings. The van der Waals surface area contributed by atoms with E-state index in [1.807, 2.05) is 11.0 Å². The van der Waals surface area contributed by atoms with Crippen LogP contribution in [0.4, 0.5) is 11.5 Å². The third-order valence-corrected chi connectivity index (χ3v) is 3.93. The summed E-state index contributed by atoms with van der Waals surface area (Å²) in [5.74, 6) is 0.558. The van der Waals surface area contributed by atoms with Crippen molar-refractivity contribution in [1.82, 2.24) is 30.1 Å². The van der Waals surface area contributed by atoms with Crippen LogP contribution in [0.5, 0.6) is 0 Å². The Morgan fingerprint density at radius 2 is 2.26 bits per heavy atom. The number of carbonyl (C=O) groups excluding carboxylic acids is 1. The highest BCUT2D eigenvalue weighted by atomic mass is 16.2. The summed E-state index contributed by atoms with van der Waals surface area (Å²) >= 11 is 0. The fourth-order valence-electron chi connectivity index (χ4n) is 2.71. The zero-order valence-electron chi connectivity index (χ0n) is 12.8. The second-order valence-corrected chi connectivity index (χ2v) is 5.63. The first-order valence-electron chi connectivity index (χ1n) is 7.67. The molecular formula is C14H20N8O. The topological polar surface area (TPSA) is 115 Å². The molecule has 0 spiro atoms. The van der Waals surface area contributed by atoms with Gasteiger partial charge in [0, 0.05) is 19.1 Å². The number of hydrogen-bond donors (Lipinski definition) is 2. The van der Waals surface area contributed by atoms with Gasteiger partial charge in [-0.15, -0.1) is 5.10 Å². The molecular weight excluding hydrogens is 296 g/mol. The lowest BCUT2D eigenvalue weighted by molar-refractivity contribution is -0.132. The number of hydrogen-bond acceptors (Lipinski definition) is 7. The number of pyridine rings is 1. The quantitative estimate of drug-likeness (QED) is 0.824. The molecule has 3 heterocycles. The molecule has 0 radical (unpaired) electrons. The van der Waals surface area contributed by atoms with Crippen molar-refractivity contribution in [1.29, 1.82) is 0 Å². The SMILES string of the molecule is Nc1ccc(N[C@@H]2CCCN(C(=O)Cn3cnnn3)CC2)cn1. The van der Waals surface area contributed by atoms with E-state index >= 15 is 0 Å². The molecule has 1 amide bonds. The van der Waals surface area contributed by atoms with Crippen molar-refractivity contribution in [3.63, 3.8) is 0 Å². The van der Waals surface area contributed by atoms with E-state index in [1.54, 1.807) is 12.3 Å². The van der Waals surface area contributed by atoms with E-state index in [0.29, 0.717) is 11.9 Å². The van der Waals surface area contributed by atoms with E-state index < -0.39 is 0 Å². The molecule has 9 heteroatoms. The molecule has 122 valence electrons. The number of anilines is 2. The maximum atomic E-state index is 12.3. The van der Waals surface area contributed by atoms with E-state index in [-0.39, 0.29) is 12.5 Å².